The molecular formula is C23H41NO. The highest BCUT2D eigenvalue weighted by Gasteiger charge is 1.99. The van der Waals surface area contributed by atoms with E-state index in [1.54, 1.807) is 0 Å². The molecule has 0 fully saturated rings. The summed E-state index contributed by atoms with van der Waals surface area (Å²) in [6, 6.07) is 10.1. The van der Waals surface area contributed by atoms with E-state index in [9.17, 15) is 0 Å². The van der Waals surface area contributed by atoms with Gasteiger partial charge in [0.25, 0.3) is 0 Å². The highest BCUT2D eigenvalue weighted by molar-refractivity contribution is 5.20. The Kier molecular flexibility index (Phi) is 14.5. The molecule has 0 atom stereocenters. The van der Waals surface area contributed by atoms with E-state index >= 15 is 0 Å². The first-order valence-corrected chi connectivity index (χ1v) is 10.7. The molecule has 0 aliphatic carbocycles. The fourth-order valence-electron chi connectivity index (χ4n) is 3.17. The summed E-state index contributed by atoms with van der Waals surface area (Å²) < 4.78 is 5.75. The van der Waals surface area contributed by atoms with Crippen molar-refractivity contribution < 1.29 is 4.74 Å². The zero-order valence-electron chi connectivity index (χ0n) is 16.8. The number of hydrogen-bond acceptors (Lipinski definition) is 2. The van der Waals surface area contributed by atoms with Gasteiger partial charge in [0, 0.05) is 6.54 Å². The van der Waals surface area contributed by atoms with Gasteiger partial charge in [0.05, 0.1) is 0 Å². The normalized spacial score (nSPS) is 11.2. The first-order valence-electron chi connectivity index (χ1n) is 10.7. The molecule has 2 nitrogen and oxygen atoms in total. The van der Waals surface area contributed by atoms with E-state index in [0.29, 0.717) is 0 Å². The van der Waals surface area contributed by atoms with Crippen LogP contribution in [0.5, 0.6) is 5.75 Å². The number of rotatable bonds is 17. The molecule has 1 aromatic rings. The van der Waals surface area contributed by atoms with E-state index in [4.69, 9.17) is 4.74 Å². The van der Waals surface area contributed by atoms with Crippen molar-refractivity contribution >= 4 is 0 Å². The molecule has 0 amide bonds. The van der Waals surface area contributed by atoms with Crippen LogP contribution in [0.2, 0.25) is 0 Å². The zero-order valence-corrected chi connectivity index (χ0v) is 16.8. The van der Waals surface area contributed by atoms with E-state index in [1.165, 1.54) is 83.6 Å². The van der Waals surface area contributed by atoms with Gasteiger partial charge in [-0.3, -0.25) is 0 Å². The first kappa shape index (κ1) is 22.0. The third-order valence-electron chi connectivity index (χ3n) is 4.88. The van der Waals surface area contributed by atoms with Gasteiger partial charge in [0.15, 0.2) is 0 Å². The van der Waals surface area contributed by atoms with Gasteiger partial charge in [-0.05, 0) is 32.1 Å². The molecule has 144 valence electrons. The number of unbranched alkanes of at least 4 members (excludes halogenated alkanes) is 11. The lowest BCUT2D eigenvalue weighted by Crippen LogP contribution is -2.25. The molecule has 0 aliphatic rings. The SMILES string of the molecule is CCCCCCCCCCCCCCN(C)CCOc1ccccc1. The molecule has 0 aliphatic heterocycles. The topological polar surface area (TPSA) is 12.5 Å². The maximum atomic E-state index is 5.75. The van der Waals surface area contributed by atoms with Gasteiger partial charge < -0.3 is 9.64 Å². The first-order chi connectivity index (χ1) is 12.3. The minimum Gasteiger partial charge on any atom is -0.492 e. The lowest BCUT2D eigenvalue weighted by atomic mass is 10.1. The number of likely N-dealkylation sites (N-methyl/N-ethyl adjacent to an activating group) is 1. The Morgan fingerprint density at radius 1 is 0.680 bits per heavy atom. The van der Waals surface area contributed by atoms with Gasteiger partial charge >= 0.3 is 0 Å². The summed E-state index contributed by atoms with van der Waals surface area (Å²) in [6.07, 6.45) is 17.0. The number of hydrogen-bond donors (Lipinski definition) is 0. The summed E-state index contributed by atoms with van der Waals surface area (Å²) in [6.45, 7) is 5.26. The predicted molar refractivity (Wildman–Crippen MR) is 111 cm³/mol. The van der Waals surface area contributed by atoms with Gasteiger partial charge in [0.1, 0.15) is 12.4 Å². The van der Waals surface area contributed by atoms with Crippen LogP contribution in [0.1, 0.15) is 84.0 Å². The molecule has 0 radical (unpaired) electrons. The summed E-state index contributed by atoms with van der Waals surface area (Å²) in [4.78, 5) is 2.39. The molecule has 25 heavy (non-hydrogen) atoms. The quantitative estimate of drug-likeness (QED) is 0.291. The summed E-state index contributed by atoms with van der Waals surface area (Å²) in [5.41, 5.74) is 0. The summed E-state index contributed by atoms with van der Waals surface area (Å²) >= 11 is 0. The highest BCUT2D eigenvalue weighted by Crippen LogP contribution is 2.12. The molecule has 0 spiro atoms. The Bertz CT molecular complexity index is 379. The Labute approximate surface area is 157 Å². The smallest absolute Gasteiger partial charge is 0.119 e. The van der Waals surface area contributed by atoms with Crippen LogP contribution in [0.4, 0.5) is 0 Å². The Hall–Kier alpha value is -1.02. The predicted octanol–water partition coefficient (Wildman–Crippen LogP) is 6.70. The van der Waals surface area contributed by atoms with Gasteiger partial charge in [0.2, 0.25) is 0 Å². The zero-order chi connectivity index (χ0) is 18.0. The molecule has 1 aromatic carbocycles. The molecule has 2 heteroatoms. The molecule has 0 heterocycles. The van der Waals surface area contributed by atoms with Crippen molar-refractivity contribution in [1.82, 2.24) is 4.90 Å². The number of nitrogens with zero attached hydrogens (tertiary/aromatic N) is 1. The Morgan fingerprint density at radius 3 is 1.76 bits per heavy atom. The van der Waals surface area contributed by atoms with Gasteiger partial charge in [-0.25, -0.2) is 0 Å². The molecule has 1 rings (SSSR count). The molecule has 0 aromatic heterocycles. The van der Waals surface area contributed by atoms with Crippen LogP contribution < -0.4 is 4.74 Å². The number of benzene rings is 1. The second kappa shape index (κ2) is 16.4. The molecule has 0 N–H and O–H groups in total. The van der Waals surface area contributed by atoms with E-state index in [2.05, 4.69) is 18.9 Å². The van der Waals surface area contributed by atoms with Crippen molar-refractivity contribution in [1.29, 1.82) is 0 Å². The minimum atomic E-state index is 0.777. The highest BCUT2D eigenvalue weighted by atomic mass is 16.5. The monoisotopic (exact) mass is 347 g/mol. The molecule has 0 bridgehead atoms. The number of ether oxygens (including phenoxy) is 1. The Balaban J connectivity index is 1.80. The largest absolute Gasteiger partial charge is 0.492 e. The maximum absolute atomic E-state index is 5.75. The standard InChI is InChI=1S/C23H41NO/c1-3-4-5-6-7-8-9-10-11-12-13-17-20-24(2)21-22-25-23-18-15-14-16-19-23/h14-16,18-19H,3-13,17,20-22H2,1-2H3. The molecule has 0 unspecified atom stereocenters. The molecule has 0 saturated heterocycles. The van der Waals surface area contributed by atoms with Crippen LogP contribution in [0.3, 0.4) is 0 Å². The van der Waals surface area contributed by atoms with E-state index < -0.39 is 0 Å². The molecule has 0 saturated carbocycles. The second-order valence-corrected chi connectivity index (χ2v) is 7.35. The average molecular weight is 348 g/mol. The van der Waals surface area contributed by atoms with Crippen LogP contribution >= 0.6 is 0 Å². The summed E-state index contributed by atoms with van der Waals surface area (Å²) in [5, 5.41) is 0. The second-order valence-electron chi connectivity index (χ2n) is 7.35. The van der Waals surface area contributed by atoms with Crippen molar-refractivity contribution in [2.75, 3.05) is 26.7 Å². The van der Waals surface area contributed by atoms with Crippen LogP contribution in [0.25, 0.3) is 0 Å². The van der Waals surface area contributed by atoms with Crippen LogP contribution in [0.15, 0.2) is 30.3 Å². The Morgan fingerprint density at radius 2 is 1.20 bits per heavy atom. The summed E-state index contributed by atoms with van der Waals surface area (Å²) in [5.74, 6) is 0.973. The van der Waals surface area contributed by atoms with E-state index in [0.717, 1.165) is 18.9 Å². The van der Waals surface area contributed by atoms with E-state index in [-0.39, 0.29) is 0 Å². The van der Waals surface area contributed by atoms with Crippen molar-refractivity contribution in [2.24, 2.45) is 0 Å². The van der Waals surface area contributed by atoms with Crippen molar-refractivity contribution in [2.45, 2.75) is 84.0 Å². The fourth-order valence-corrected chi connectivity index (χ4v) is 3.17. The van der Waals surface area contributed by atoms with Crippen LogP contribution in [-0.2, 0) is 0 Å². The van der Waals surface area contributed by atoms with Crippen LogP contribution in [0, 0.1) is 0 Å². The summed E-state index contributed by atoms with van der Waals surface area (Å²) in [7, 11) is 2.20. The van der Waals surface area contributed by atoms with E-state index in [1.807, 2.05) is 30.3 Å². The lowest BCUT2D eigenvalue weighted by Gasteiger charge is -2.16. The molecular weight excluding hydrogens is 306 g/mol. The van der Waals surface area contributed by atoms with Crippen molar-refractivity contribution in [3.8, 4) is 5.75 Å². The van der Waals surface area contributed by atoms with Gasteiger partial charge in [-0.2, -0.15) is 0 Å². The average Bonchev–Trinajstić information content (AvgIpc) is 2.63. The van der Waals surface area contributed by atoms with Crippen LogP contribution in [-0.4, -0.2) is 31.6 Å². The third kappa shape index (κ3) is 13.9. The van der Waals surface area contributed by atoms with Crippen molar-refractivity contribution in [3.63, 3.8) is 0 Å². The lowest BCUT2D eigenvalue weighted by molar-refractivity contribution is 0.234. The van der Waals surface area contributed by atoms with Gasteiger partial charge in [-0.15, -0.1) is 0 Å². The van der Waals surface area contributed by atoms with Gasteiger partial charge in [-0.1, -0.05) is 95.8 Å². The third-order valence-corrected chi connectivity index (χ3v) is 4.88. The fraction of sp³-hybridized carbons (Fsp3) is 0.739. The van der Waals surface area contributed by atoms with Crippen molar-refractivity contribution in [3.05, 3.63) is 30.3 Å². The maximum Gasteiger partial charge on any atom is 0.119 e. The minimum absolute atomic E-state index is 0.777. The number of para-hydroxylation sites is 1.